The van der Waals surface area contributed by atoms with Gasteiger partial charge in [0, 0.05) is 60.2 Å². The minimum atomic E-state index is -0.101. The van der Waals surface area contributed by atoms with Crippen LogP contribution in [-0.2, 0) is 16.2 Å². The third-order valence-electron chi connectivity index (χ3n) is 17.0. The minimum absolute atomic E-state index is 0.0282. The molecule has 392 valence electrons. The lowest BCUT2D eigenvalue weighted by atomic mass is 9.33. The molecule has 0 amide bonds. The number of hydrogen-bond acceptors (Lipinski definition) is 5. The molecule has 3 aliphatic heterocycles. The fourth-order valence-corrected chi connectivity index (χ4v) is 13.7. The van der Waals surface area contributed by atoms with Crippen molar-refractivity contribution in [1.29, 1.82) is 0 Å². The standard InChI is InChI=1S/C74H65BN2O2S/c1-45-34-65-71-66(35-45)77(63-43-68-67(78-44-79-68)42-59(63)48-16-12-11-13-17-48)62-33-30-55(74(8,9)10)41-61(62)75(71)60-32-25-49(50-24-31-58-57-18-14-15-19-69(57)80-70(58)40-50)39-64(60)76(65)56-37-51(46-20-26-53(27-21-46)72(2,3)4)36-52(38-56)47-22-28-54(29-23-47)73(5,6)7/h11-43H,44H2,1-10H3. The second-order valence-electron chi connectivity index (χ2n) is 25.4. The van der Waals surface area contributed by atoms with Crippen molar-refractivity contribution in [3.63, 3.8) is 0 Å². The molecule has 10 aromatic carbocycles. The quantitative estimate of drug-likeness (QED) is 0.155. The molecule has 0 saturated heterocycles. The molecular weight excluding hydrogens is 992 g/mol. The molecular formula is C74H65BN2O2S. The van der Waals surface area contributed by atoms with Crippen molar-refractivity contribution in [2.45, 2.75) is 85.5 Å². The van der Waals surface area contributed by atoms with E-state index in [1.807, 2.05) is 11.3 Å². The molecule has 14 rings (SSSR count). The summed E-state index contributed by atoms with van der Waals surface area (Å²) in [7, 11) is 0. The topological polar surface area (TPSA) is 24.9 Å². The third-order valence-corrected chi connectivity index (χ3v) is 18.1. The maximum atomic E-state index is 6.25. The summed E-state index contributed by atoms with van der Waals surface area (Å²) in [6, 6.07) is 76.2. The summed E-state index contributed by atoms with van der Waals surface area (Å²) in [6.45, 7) is 23.1. The molecule has 0 atom stereocenters. The highest BCUT2D eigenvalue weighted by Gasteiger charge is 2.45. The second-order valence-corrected chi connectivity index (χ2v) is 26.5. The van der Waals surface area contributed by atoms with Gasteiger partial charge in [-0.15, -0.1) is 11.3 Å². The van der Waals surface area contributed by atoms with Gasteiger partial charge >= 0.3 is 0 Å². The van der Waals surface area contributed by atoms with Crippen molar-refractivity contribution in [3.05, 3.63) is 222 Å². The number of aryl methyl sites for hydroxylation is 1. The first-order valence-corrected chi connectivity index (χ1v) is 29.1. The van der Waals surface area contributed by atoms with Crippen LogP contribution < -0.4 is 35.7 Å². The number of anilines is 6. The number of hydrogen-bond donors (Lipinski definition) is 0. The lowest BCUT2D eigenvalue weighted by molar-refractivity contribution is 0.174. The average molecular weight is 1060 g/mol. The number of rotatable bonds is 6. The van der Waals surface area contributed by atoms with Gasteiger partial charge in [-0.2, -0.15) is 0 Å². The van der Waals surface area contributed by atoms with E-state index in [1.165, 1.54) is 104 Å². The lowest BCUT2D eigenvalue weighted by Gasteiger charge is -2.45. The molecule has 3 aliphatic rings. The molecule has 6 heteroatoms. The van der Waals surface area contributed by atoms with E-state index in [1.54, 1.807) is 0 Å². The SMILES string of the molecule is Cc1cc2c3c(c1)N(c1cc4c(cc1-c1ccccc1)OCO4)c1ccc(C(C)(C)C)cc1B3c1ccc(-c3ccc4c(c3)sc3ccccc34)cc1N2c1cc(-c2ccc(C(C)(C)C)cc2)cc(-c2ccc(C(C)(C)C)cc2)c1. The Bertz CT molecular complexity index is 4210. The average Bonchev–Trinajstić information content (AvgIpc) is 4.24. The molecule has 0 bridgehead atoms. The van der Waals surface area contributed by atoms with Gasteiger partial charge in [-0.1, -0.05) is 196 Å². The van der Waals surface area contributed by atoms with Crippen LogP contribution in [-0.4, -0.2) is 13.5 Å². The Labute approximate surface area is 476 Å². The minimum Gasteiger partial charge on any atom is -0.454 e. The first-order valence-electron chi connectivity index (χ1n) is 28.2. The Balaban J connectivity index is 1.06. The largest absolute Gasteiger partial charge is 0.454 e. The van der Waals surface area contributed by atoms with Crippen molar-refractivity contribution < 1.29 is 9.47 Å². The van der Waals surface area contributed by atoms with E-state index in [4.69, 9.17) is 9.47 Å². The summed E-state index contributed by atoms with van der Waals surface area (Å²) in [4.78, 5) is 5.13. The molecule has 0 aliphatic carbocycles. The zero-order valence-corrected chi connectivity index (χ0v) is 48.3. The number of thiophene rings is 1. The predicted octanol–water partition coefficient (Wildman–Crippen LogP) is 18.7. The normalized spacial score (nSPS) is 13.7. The molecule has 0 saturated carbocycles. The van der Waals surface area contributed by atoms with Gasteiger partial charge in [0.25, 0.3) is 6.71 Å². The van der Waals surface area contributed by atoms with Crippen molar-refractivity contribution in [1.82, 2.24) is 0 Å². The maximum Gasteiger partial charge on any atom is 0.252 e. The van der Waals surface area contributed by atoms with Crippen LogP contribution in [0.25, 0.3) is 64.7 Å². The Morgan fingerprint density at radius 3 is 1.61 bits per heavy atom. The highest BCUT2D eigenvalue weighted by molar-refractivity contribution is 7.25. The summed E-state index contributed by atoms with van der Waals surface area (Å²) in [6.07, 6.45) is 0. The van der Waals surface area contributed by atoms with Crippen LogP contribution in [0.1, 0.15) is 84.6 Å². The zero-order chi connectivity index (χ0) is 55.0. The summed E-state index contributed by atoms with van der Waals surface area (Å²) >= 11 is 1.88. The summed E-state index contributed by atoms with van der Waals surface area (Å²) < 4.78 is 15.0. The number of fused-ring (bicyclic) bond motifs is 8. The maximum absolute atomic E-state index is 6.25. The van der Waals surface area contributed by atoms with Gasteiger partial charge in [0.1, 0.15) is 0 Å². The highest BCUT2D eigenvalue weighted by Crippen LogP contribution is 2.52. The van der Waals surface area contributed by atoms with Gasteiger partial charge in [-0.25, -0.2) is 0 Å². The van der Waals surface area contributed by atoms with Crippen molar-refractivity contribution in [2.24, 2.45) is 0 Å². The van der Waals surface area contributed by atoms with Gasteiger partial charge in [-0.3, -0.25) is 0 Å². The Hall–Kier alpha value is -8.32. The summed E-state index contributed by atoms with van der Waals surface area (Å²) in [5, 5.41) is 2.61. The Kier molecular flexibility index (Phi) is 11.5. The fourth-order valence-electron chi connectivity index (χ4n) is 12.6. The van der Waals surface area contributed by atoms with E-state index >= 15 is 0 Å². The molecule has 0 fully saturated rings. The molecule has 0 spiro atoms. The van der Waals surface area contributed by atoms with Crippen LogP contribution in [0.2, 0.25) is 0 Å². The van der Waals surface area contributed by atoms with Crippen LogP contribution in [0, 0.1) is 6.92 Å². The van der Waals surface area contributed by atoms with E-state index in [-0.39, 0.29) is 29.8 Å². The summed E-state index contributed by atoms with van der Waals surface area (Å²) in [5.41, 5.74) is 25.0. The van der Waals surface area contributed by atoms with E-state index in [9.17, 15) is 0 Å². The molecule has 0 unspecified atom stereocenters. The van der Waals surface area contributed by atoms with Gasteiger partial charge in [0.2, 0.25) is 6.79 Å². The lowest BCUT2D eigenvalue weighted by Crippen LogP contribution is -2.61. The van der Waals surface area contributed by atoms with Gasteiger partial charge in [0.05, 0.1) is 5.69 Å². The molecule has 0 N–H and O–H groups in total. The molecule has 4 nitrogen and oxygen atoms in total. The molecule has 4 heterocycles. The third kappa shape index (κ3) is 8.41. The van der Waals surface area contributed by atoms with E-state index in [0.717, 1.165) is 45.4 Å². The Morgan fingerprint density at radius 1 is 0.388 bits per heavy atom. The van der Waals surface area contributed by atoms with Crippen LogP contribution >= 0.6 is 11.3 Å². The smallest absolute Gasteiger partial charge is 0.252 e. The number of nitrogens with zero attached hydrogens (tertiary/aromatic N) is 2. The van der Waals surface area contributed by atoms with Gasteiger partial charge in [0.15, 0.2) is 11.5 Å². The summed E-state index contributed by atoms with van der Waals surface area (Å²) in [5.74, 6) is 1.51. The monoisotopic (exact) mass is 1060 g/mol. The zero-order valence-electron chi connectivity index (χ0n) is 47.5. The molecule has 0 radical (unpaired) electrons. The van der Waals surface area contributed by atoms with Crippen molar-refractivity contribution >= 4 is 88.7 Å². The van der Waals surface area contributed by atoms with Crippen LogP contribution in [0.5, 0.6) is 11.5 Å². The molecule has 11 aromatic rings. The highest BCUT2D eigenvalue weighted by atomic mass is 32.1. The van der Waals surface area contributed by atoms with Crippen molar-refractivity contribution in [2.75, 3.05) is 16.6 Å². The number of benzene rings is 10. The van der Waals surface area contributed by atoms with Crippen LogP contribution in [0.3, 0.4) is 0 Å². The Morgan fingerprint density at radius 2 is 0.950 bits per heavy atom. The predicted molar refractivity (Wildman–Crippen MR) is 342 cm³/mol. The number of ether oxygens (including phenoxy) is 2. The van der Waals surface area contributed by atoms with E-state index in [0.29, 0.717) is 0 Å². The van der Waals surface area contributed by atoms with Gasteiger partial charge in [-0.05, 0) is 161 Å². The van der Waals surface area contributed by atoms with Crippen molar-refractivity contribution in [3.8, 4) is 56.0 Å². The van der Waals surface area contributed by atoms with Crippen LogP contribution in [0.15, 0.2) is 200 Å². The van der Waals surface area contributed by atoms with Crippen LogP contribution in [0.4, 0.5) is 34.1 Å². The first-order chi connectivity index (χ1) is 38.4. The second kappa shape index (κ2) is 18.4. The van der Waals surface area contributed by atoms with E-state index in [2.05, 4.69) is 279 Å². The van der Waals surface area contributed by atoms with E-state index < -0.39 is 0 Å². The van der Waals surface area contributed by atoms with Gasteiger partial charge < -0.3 is 19.3 Å². The fraction of sp³-hybridized carbons (Fsp3) is 0.189. The molecule has 80 heavy (non-hydrogen) atoms. The molecule has 1 aromatic heterocycles. The first kappa shape index (κ1) is 49.9.